The van der Waals surface area contributed by atoms with Crippen molar-refractivity contribution in [3.63, 3.8) is 0 Å². The maximum atomic E-state index is 13.2. The van der Waals surface area contributed by atoms with Gasteiger partial charge in [-0.05, 0) is 6.07 Å². The van der Waals surface area contributed by atoms with Crippen molar-refractivity contribution in [2.45, 2.75) is 12.5 Å². The van der Waals surface area contributed by atoms with E-state index in [4.69, 9.17) is 10.5 Å². The first-order chi connectivity index (χ1) is 6.56. The summed E-state index contributed by atoms with van der Waals surface area (Å²) in [4.78, 5) is 0. The van der Waals surface area contributed by atoms with E-state index in [-0.39, 0.29) is 23.7 Å². The lowest BCUT2D eigenvalue weighted by molar-refractivity contribution is 0.114. The van der Waals surface area contributed by atoms with Gasteiger partial charge in [0.25, 0.3) is 6.43 Å². The van der Waals surface area contributed by atoms with E-state index < -0.39 is 18.3 Å². The van der Waals surface area contributed by atoms with E-state index in [2.05, 4.69) is 0 Å². The Hall–Kier alpha value is -0.940. The number of alkyl halides is 2. The molecule has 1 aromatic rings. The predicted molar refractivity (Wildman–Crippen MR) is 53.1 cm³/mol. The van der Waals surface area contributed by atoms with Gasteiger partial charge in [-0.15, -0.1) is 12.4 Å². The van der Waals surface area contributed by atoms with Crippen LogP contribution in [0.3, 0.4) is 0 Å². The summed E-state index contributed by atoms with van der Waals surface area (Å²) >= 11 is 0. The lowest BCUT2D eigenvalue weighted by Crippen LogP contribution is -2.20. The summed E-state index contributed by atoms with van der Waals surface area (Å²) in [6.07, 6.45) is -2.78. The number of halogens is 4. The molecule has 0 aromatic heterocycles. The van der Waals surface area contributed by atoms with Crippen molar-refractivity contribution in [3.05, 3.63) is 29.6 Å². The maximum Gasteiger partial charge on any atom is 0.257 e. The summed E-state index contributed by atoms with van der Waals surface area (Å²) in [7, 11) is 1.36. The van der Waals surface area contributed by atoms with Crippen molar-refractivity contribution in [3.8, 4) is 5.75 Å². The van der Waals surface area contributed by atoms with Gasteiger partial charge < -0.3 is 10.5 Å². The maximum absolute atomic E-state index is 13.2. The minimum Gasteiger partial charge on any atom is -0.497 e. The molecular formula is C9H11ClF3NO. The van der Waals surface area contributed by atoms with Crippen LogP contribution in [0.5, 0.6) is 5.75 Å². The van der Waals surface area contributed by atoms with Crippen molar-refractivity contribution in [1.29, 1.82) is 0 Å². The first-order valence-corrected chi connectivity index (χ1v) is 3.93. The zero-order valence-corrected chi connectivity index (χ0v) is 8.73. The average molecular weight is 242 g/mol. The second-order valence-corrected chi connectivity index (χ2v) is 2.75. The Morgan fingerprint density at radius 2 is 1.93 bits per heavy atom. The van der Waals surface area contributed by atoms with Crippen LogP contribution < -0.4 is 10.5 Å². The Morgan fingerprint density at radius 3 is 2.33 bits per heavy atom. The lowest BCUT2D eigenvalue weighted by Gasteiger charge is -2.12. The fraction of sp³-hybridized carbons (Fsp3) is 0.333. The van der Waals surface area contributed by atoms with Gasteiger partial charge >= 0.3 is 0 Å². The Labute approximate surface area is 91.6 Å². The van der Waals surface area contributed by atoms with Crippen molar-refractivity contribution in [2.24, 2.45) is 5.73 Å². The topological polar surface area (TPSA) is 35.2 Å². The molecule has 0 spiro atoms. The van der Waals surface area contributed by atoms with Gasteiger partial charge in [0, 0.05) is 11.6 Å². The van der Waals surface area contributed by atoms with Crippen LogP contribution >= 0.6 is 12.4 Å². The molecule has 0 fully saturated rings. The molecule has 0 amide bonds. The molecule has 0 aliphatic heterocycles. The summed E-state index contributed by atoms with van der Waals surface area (Å²) in [5.74, 6) is -0.509. The van der Waals surface area contributed by atoms with Gasteiger partial charge in [0.15, 0.2) is 0 Å². The molecule has 0 heterocycles. The van der Waals surface area contributed by atoms with Gasteiger partial charge in [0.05, 0.1) is 13.2 Å². The molecule has 86 valence electrons. The fourth-order valence-corrected chi connectivity index (χ4v) is 1.04. The van der Waals surface area contributed by atoms with E-state index >= 15 is 0 Å². The minimum atomic E-state index is -2.78. The van der Waals surface area contributed by atoms with E-state index in [0.29, 0.717) is 0 Å². The molecule has 1 aromatic carbocycles. The zero-order valence-electron chi connectivity index (χ0n) is 7.91. The number of nitrogens with two attached hydrogens (primary N) is 1. The molecule has 2 N–H and O–H groups in total. The van der Waals surface area contributed by atoms with E-state index in [1.165, 1.54) is 19.2 Å². The van der Waals surface area contributed by atoms with Crippen LogP contribution in [0.1, 0.15) is 11.6 Å². The highest BCUT2D eigenvalue weighted by Gasteiger charge is 2.20. The van der Waals surface area contributed by atoms with Gasteiger partial charge in [-0.3, -0.25) is 0 Å². The molecule has 0 saturated heterocycles. The third-order valence-electron chi connectivity index (χ3n) is 1.84. The van der Waals surface area contributed by atoms with Gasteiger partial charge in [-0.2, -0.15) is 0 Å². The van der Waals surface area contributed by atoms with Gasteiger partial charge in [-0.1, -0.05) is 6.07 Å². The molecule has 0 radical (unpaired) electrons. The SMILES string of the molecule is COc1ccc([C@@H](N)C(F)F)c(F)c1.Cl. The Balaban J connectivity index is 0.00000196. The first kappa shape index (κ1) is 14.1. The smallest absolute Gasteiger partial charge is 0.257 e. The van der Waals surface area contributed by atoms with Crippen molar-refractivity contribution >= 4 is 12.4 Å². The molecule has 0 saturated carbocycles. The second-order valence-electron chi connectivity index (χ2n) is 2.75. The largest absolute Gasteiger partial charge is 0.497 e. The molecule has 0 aliphatic rings. The molecule has 15 heavy (non-hydrogen) atoms. The highest BCUT2D eigenvalue weighted by molar-refractivity contribution is 5.85. The number of ether oxygens (including phenoxy) is 1. The Bertz CT molecular complexity index is 322. The summed E-state index contributed by atoms with van der Waals surface area (Å²) in [5.41, 5.74) is 4.89. The Morgan fingerprint density at radius 1 is 1.33 bits per heavy atom. The van der Waals surface area contributed by atoms with E-state index in [9.17, 15) is 13.2 Å². The molecular weight excluding hydrogens is 231 g/mol. The summed E-state index contributed by atoms with van der Waals surface area (Å²) in [6, 6.07) is 2.02. The van der Waals surface area contributed by atoms with Crippen LogP contribution in [0.2, 0.25) is 0 Å². The van der Waals surface area contributed by atoms with Crippen molar-refractivity contribution in [2.75, 3.05) is 7.11 Å². The van der Waals surface area contributed by atoms with E-state index in [1.54, 1.807) is 0 Å². The number of rotatable bonds is 3. The van der Waals surface area contributed by atoms with E-state index in [0.717, 1.165) is 6.07 Å². The molecule has 1 atom stereocenters. The Kier molecular flexibility index (Phi) is 5.46. The molecule has 1 rings (SSSR count). The van der Waals surface area contributed by atoms with E-state index in [1.807, 2.05) is 0 Å². The monoisotopic (exact) mass is 241 g/mol. The molecule has 0 aliphatic carbocycles. The van der Waals surface area contributed by atoms with Gasteiger partial charge in [0.2, 0.25) is 0 Å². The zero-order chi connectivity index (χ0) is 10.7. The minimum absolute atomic E-state index is 0. The number of methoxy groups -OCH3 is 1. The predicted octanol–water partition coefficient (Wildman–Crippen LogP) is 2.52. The quantitative estimate of drug-likeness (QED) is 0.883. The second kappa shape index (κ2) is 5.82. The fourth-order valence-electron chi connectivity index (χ4n) is 1.04. The van der Waals surface area contributed by atoms with Crippen molar-refractivity contribution in [1.82, 2.24) is 0 Å². The van der Waals surface area contributed by atoms with Crippen molar-refractivity contribution < 1.29 is 17.9 Å². The number of benzene rings is 1. The summed E-state index contributed by atoms with van der Waals surface area (Å²) in [5, 5.41) is 0. The normalized spacial score (nSPS) is 12.1. The first-order valence-electron chi connectivity index (χ1n) is 3.93. The molecule has 0 unspecified atom stereocenters. The van der Waals surface area contributed by atoms with Crippen LogP contribution in [0.25, 0.3) is 0 Å². The highest BCUT2D eigenvalue weighted by Crippen LogP contribution is 2.24. The van der Waals surface area contributed by atoms with Crippen LogP contribution in [-0.2, 0) is 0 Å². The average Bonchev–Trinajstić information content (AvgIpc) is 2.16. The van der Waals surface area contributed by atoms with Gasteiger partial charge in [-0.25, -0.2) is 13.2 Å². The highest BCUT2D eigenvalue weighted by atomic mass is 35.5. The number of hydrogen-bond acceptors (Lipinski definition) is 2. The third kappa shape index (κ3) is 3.28. The molecule has 6 heteroatoms. The molecule has 2 nitrogen and oxygen atoms in total. The summed E-state index contributed by atoms with van der Waals surface area (Å²) < 4.78 is 42.2. The molecule has 0 bridgehead atoms. The number of hydrogen-bond donors (Lipinski definition) is 1. The lowest BCUT2D eigenvalue weighted by atomic mass is 10.1. The van der Waals surface area contributed by atoms with Crippen LogP contribution in [0.4, 0.5) is 13.2 Å². The van der Waals surface area contributed by atoms with Crippen LogP contribution in [0, 0.1) is 5.82 Å². The van der Waals surface area contributed by atoms with Crippen LogP contribution in [0.15, 0.2) is 18.2 Å². The standard InChI is InChI=1S/C9H10F3NO.ClH/c1-14-5-2-3-6(7(10)4-5)8(13)9(11)12;/h2-4,8-9H,13H2,1H3;1H/t8-;/m1./s1. The van der Waals surface area contributed by atoms with Gasteiger partial charge in [0.1, 0.15) is 11.6 Å². The third-order valence-corrected chi connectivity index (χ3v) is 1.84. The van der Waals surface area contributed by atoms with Crippen LogP contribution in [-0.4, -0.2) is 13.5 Å². The summed E-state index contributed by atoms with van der Waals surface area (Å²) in [6.45, 7) is 0.